The Morgan fingerprint density at radius 3 is 3.00 bits per heavy atom. The number of fused-ring (bicyclic) bond motifs is 1. The van der Waals surface area contributed by atoms with Crippen molar-refractivity contribution in [3.63, 3.8) is 0 Å². The number of pyridine rings is 1. The first kappa shape index (κ1) is 14.0. The highest BCUT2D eigenvalue weighted by Crippen LogP contribution is 2.30. The van der Waals surface area contributed by atoms with E-state index in [1.807, 2.05) is 6.07 Å². The van der Waals surface area contributed by atoms with Crippen molar-refractivity contribution in [1.82, 2.24) is 20.3 Å². The van der Waals surface area contributed by atoms with Gasteiger partial charge in [-0.15, -0.1) is 0 Å². The molecular weight excluding hydrogens is 290 g/mol. The van der Waals surface area contributed by atoms with Gasteiger partial charge in [-0.1, -0.05) is 18.0 Å². The second kappa shape index (κ2) is 5.81. The number of carbonyl (C=O) groups excluding carboxylic acids is 1. The van der Waals surface area contributed by atoms with E-state index in [4.69, 9.17) is 11.6 Å². The van der Waals surface area contributed by atoms with Crippen LogP contribution in [-0.4, -0.2) is 33.9 Å². The summed E-state index contributed by atoms with van der Waals surface area (Å²) in [7, 11) is 1.67. The summed E-state index contributed by atoms with van der Waals surface area (Å²) in [5, 5.41) is 7.31. The topological polar surface area (TPSA) is 79.8 Å². The second-order valence-corrected chi connectivity index (χ2v) is 5.52. The van der Waals surface area contributed by atoms with Crippen LogP contribution < -0.4 is 10.6 Å². The van der Waals surface area contributed by atoms with Gasteiger partial charge in [0, 0.05) is 13.1 Å². The summed E-state index contributed by atoms with van der Waals surface area (Å²) in [5.74, 6) is 0.745. The molecule has 110 valence electrons. The Hall–Kier alpha value is -1.95. The average molecular weight is 306 g/mol. The number of rotatable bonds is 3. The van der Waals surface area contributed by atoms with Crippen molar-refractivity contribution in [2.45, 2.75) is 25.3 Å². The Kier molecular flexibility index (Phi) is 3.88. The lowest BCUT2D eigenvalue weighted by atomic mass is 10.0. The Balaban J connectivity index is 1.89. The smallest absolute Gasteiger partial charge is 0.224 e. The van der Waals surface area contributed by atoms with Gasteiger partial charge in [0.1, 0.15) is 17.3 Å². The van der Waals surface area contributed by atoms with E-state index in [0.717, 1.165) is 24.6 Å². The van der Waals surface area contributed by atoms with Crippen LogP contribution in [0.1, 0.15) is 19.3 Å². The summed E-state index contributed by atoms with van der Waals surface area (Å²) in [6, 6.07) is 3.64. The minimum Gasteiger partial charge on any atom is -0.366 e. The van der Waals surface area contributed by atoms with Crippen molar-refractivity contribution >= 4 is 34.4 Å². The second-order valence-electron chi connectivity index (χ2n) is 5.13. The molecule has 2 unspecified atom stereocenters. The predicted molar refractivity (Wildman–Crippen MR) is 81.2 cm³/mol. The van der Waals surface area contributed by atoms with E-state index in [-0.39, 0.29) is 17.9 Å². The number of amides is 1. The molecule has 2 aromatic heterocycles. The lowest BCUT2D eigenvalue weighted by Crippen LogP contribution is -2.36. The summed E-state index contributed by atoms with van der Waals surface area (Å²) in [5.41, 5.74) is 0.550. The van der Waals surface area contributed by atoms with Gasteiger partial charge >= 0.3 is 0 Å². The minimum absolute atomic E-state index is 0.0275. The number of hydrogen-bond acceptors (Lipinski definition) is 5. The summed E-state index contributed by atoms with van der Waals surface area (Å²) in [6.45, 7) is 0. The molecule has 21 heavy (non-hydrogen) atoms. The number of anilines is 1. The van der Waals surface area contributed by atoms with Crippen LogP contribution in [0.5, 0.6) is 0 Å². The van der Waals surface area contributed by atoms with E-state index >= 15 is 0 Å². The van der Waals surface area contributed by atoms with E-state index in [1.165, 1.54) is 6.33 Å². The van der Waals surface area contributed by atoms with Gasteiger partial charge in [0.2, 0.25) is 5.91 Å². The summed E-state index contributed by atoms with van der Waals surface area (Å²) < 4.78 is 0. The average Bonchev–Trinajstić information content (AvgIpc) is 2.94. The molecule has 2 aromatic rings. The van der Waals surface area contributed by atoms with E-state index < -0.39 is 0 Å². The standard InChI is InChI=1S/C14H16ClN5O/c1-16-14(21)8-3-2-4-10(8)19-12-9-5-6-11(15)20-13(9)18-7-17-12/h5-8,10H,2-4H2,1H3,(H,16,21)(H,17,18,19,20). The SMILES string of the molecule is CNC(=O)C1CCCC1Nc1ncnc2nc(Cl)ccc12. The molecule has 2 atom stereocenters. The minimum atomic E-state index is -0.0275. The molecule has 1 saturated carbocycles. The van der Waals surface area contributed by atoms with Gasteiger partial charge in [0.25, 0.3) is 0 Å². The van der Waals surface area contributed by atoms with E-state index in [0.29, 0.717) is 16.6 Å². The van der Waals surface area contributed by atoms with Crippen molar-refractivity contribution < 1.29 is 4.79 Å². The highest BCUT2D eigenvalue weighted by molar-refractivity contribution is 6.29. The molecule has 0 aliphatic heterocycles. The maximum Gasteiger partial charge on any atom is 0.224 e. The third-order valence-electron chi connectivity index (χ3n) is 3.88. The van der Waals surface area contributed by atoms with Crippen molar-refractivity contribution in [2.75, 3.05) is 12.4 Å². The van der Waals surface area contributed by atoms with Crippen LogP contribution >= 0.6 is 11.6 Å². The number of hydrogen-bond donors (Lipinski definition) is 2. The molecule has 0 aromatic carbocycles. The van der Waals surface area contributed by atoms with E-state index in [1.54, 1.807) is 13.1 Å². The molecular formula is C14H16ClN5O. The summed E-state index contributed by atoms with van der Waals surface area (Å²) in [6.07, 6.45) is 4.33. The van der Waals surface area contributed by atoms with Crippen molar-refractivity contribution in [2.24, 2.45) is 5.92 Å². The maximum absolute atomic E-state index is 11.9. The number of nitrogens with zero attached hydrogens (tertiary/aromatic N) is 3. The zero-order valence-corrected chi connectivity index (χ0v) is 12.4. The van der Waals surface area contributed by atoms with Crippen molar-refractivity contribution in [3.8, 4) is 0 Å². The molecule has 0 saturated heterocycles. The van der Waals surface area contributed by atoms with Crippen LogP contribution in [0.2, 0.25) is 5.15 Å². The Morgan fingerprint density at radius 1 is 1.33 bits per heavy atom. The molecule has 3 rings (SSSR count). The molecule has 2 N–H and O–H groups in total. The van der Waals surface area contributed by atoms with Crippen LogP contribution in [0, 0.1) is 5.92 Å². The number of carbonyl (C=O) groups is 1. The molecule has 0 bridgehead atoms. The molecule has 7 heteroatoms. The van der Waals surface area contributed by atoms with Crippen molar-refractivity contribution in [3.05, 3.63) is 23.6 Å². The molecule has 1 aliphatic rings. The van der Waals surface area contributed by atoms with Crippen LogP contribution in [0.3, 0.4) is 0 Å². The molecule has 1 aliphatic carbocycles. The Bertz CT molecular complexity index is 677. The first-order valence-corrected chi connectivity index (χ1v) is 7.32. The zero-order chi connectivity index (χ0) is 14.8. The Labute approximate surface area is 127 Å². The third kappa shape index (κ3) is 2.76. The molecule has 6 nitrogen and oxygen atoms in total. The number of nitrogens with one attached hydrogen (secondary N) is 2. The first-order valence-electron chi connectivity index (χ1n) is 6.94. The van der Waals surface area contributed by atoms with Crippen LogP contribution in [-0.2, 0) is 4.79 Å². The number of aromatic nitrogens is 3. The fourth-order valence-corrected chi connectivity index (χ4v) is 2.99. The van der Waals surface area contributed by atoms with E-state index in [2.05, 4.69) is 25.6 Å². The van der Waals surface area contributed by atoms with Gasteiger partial charge in [-0.3, -0.25) is 4.79 Å². The molecule has 0 radical (unpaired) electrons. The molecule has 2 heterocycles. The highest BCUT2D eigenvalue weighted by atomic mass is 35.5. The van der Waals surface area contributed by atoms with Gasteiger partial charge in [-0.25, -0.2) is 15.0 Å². The monoisotopic (exact) mass is 305 g/mol. The summed E-state index contributed by atoms with van der Waals surface area (Å²) in [4.78, 5) is 24.5. The molecule has 1 amide bonds. The van der Waals surface area contributed by atoms with Crippen LogP contribution in [0.25, 0.3) is 11.0 Å². The Morgan fingerprint density at radius 2 is 2.19 bits per heavy atom. The predicted octanol–water partition coefficient (Wildman–Crippen LogP) is 2.00. The molecule has 0 spiro atoms. The lowest BCUT2D eigenvalue weighted by molar-refractivity contribution is -0.124. The van der Waals surface area contributed by atoms with Crippen molar-refractivity contribution in [1.29, 1.82) is 0 Å². The molecule has 1 fully saturated rings. The fraction of sp³-hybridized carbons (Fsp3) is 0.429. The number of halogens is 1. The van der Waals surface area contributed by atoms with E-state index in [9.17, 15) is 4.79 Å². The largest absolute Gasteiger partial charge is 0.366 e. The fourth-order valence-electron chi connectivity index (χ4n) is 2.84. The zero-order valence-electron chi connectivity index (χ0n) is 11.6. The van der Waals surface area contributed by atoms with Gasteiger partial charge in [0.15, 0.2) is 5.65 Å². The first-order chi connectivity index (χ1) is 10.2. The quantitative estimate of drug-likeness (QED) is 0.848. The third-order valence-corrected chi connectivity index (χ3v) is 4.09. The van der Waals surface area contributed by atoms with Gasteiger partial charge < -0.3 is 10.6 Å². The van der Waals surface area contributed by atoms with Gasteiger partial charge in [-0.05, 0) is 25.0 Å². The lowest BCUT2D eigenvalue weighted by Gasteiger charge is -2.20. The summed E-state index contributed by atoms with van der Waals surface area (Å²) >= 11 is 5.88. The maximum atomic E-state index is 11.9. The van der Waals surface area contributed by atoms with Gasteiger partial charge in [-0.2, -0.15) is 0 Å². The van der Waals surface area contributed by atoms with Crippen LogP contribution in [0.15, 0.2) is 18.5 Å². The highest BCUT2D eigenvalue weighted by Gasteiger charge is 2.32. The normalized spacial score (nSPS) is 21.4. The van der Waals surface area contributed by atoms with Crippen LogP contribution in [0.4, 0.5) is 5.82 Å². The van der Waals surface area contributed by atoms with Gasteiger partial charge in [0.05, 0.1) is 11.3 Å².